The Morgan fingerprint density at radius 3 is 2.71 bits per heavy atom. The summed E-state index contributed by atoms with van der Waals surface area (Å²) in [6, 6.07) is 13.1. The van der Waals surface area contributed by atoms with Crippen LogP contribution in [0.4, 0.5) is 11.6 Å². The van der Waals surface area contributed by atoms with E-state index in [9.17, 15) is 0 Å². The molecule has 1 aromatic carbocycles. The van der Waals surface area contributed by atoms with Crippen LogP contribution >= 0.6 is 0 Å². The molecule has 0 amide bonds. The van der Waals surface area contributed by atoms with Gasteiger partial charge < -0.3 is 10.1 Å². The Hall–Kier alpha value is -4.47. The van der Waals surface area contributed by atoms with Crippen LogP contribution in [-0.2, 0) is 0 Å². The van der Waals surface area contributed by atoms with Crippen LogP contribution in [0.25, 0.3) is 28.6 Å². The van der Waals surface area contributed by atoms with Crippen LogP contribution < -0.4 is 10.1 Å². The van der Waals surface area contributed by atoms with E-state index >= 15 is 0 Å². The molecule has 0 saturated heterocycles. The van der Waals surface area contributed by atoms with Gasteiger partial charge in [-0.3, -0.25) is 4.98 Å². The SMILES string of the molecule is COc1ccccc1Nc1nccc(-c2nnc3nc(-c4cccnc4)nn3c2C)n1. The summed E-state index contributed by atoms with van der Waals surface area (Å²) in [5.74, 6) is 2.04. The molecule has 4 heterocycles. The van der Waals surface area contributed by atoms with Gasteiger partial charge in [-0.25, -0.2) is 9.97 Å². The second-order valence-electron chi connectivity index (χ2n) is 6.61. The number of anilines is 2. The molecule has 10 heteroatoms. The minimum atomic E-state index is 0.404. The highest BCUT2D eigenvalue weighted by molar-refractivity contribution is 5.65. The molecular weight excluding hydrogens is 394 g/mol. The van der Waals surface area contributed by atoms with Gasteiger partial charge in [0.15, 0.2) is 5.82 Å². The first-order valence-electron chi connectivity index (χ1n) is 9.47. The summed E-state index contributed by atoms with van der Waals surface area (Å²) in [5, 5.41) is 16.3. The van der Waals surface area contributed by atoms with Crippen molar-refractivity contribution in [3.8, 4) is 28.5 Å². The largest absolute Gasteiger partial charge is 0.495 e. The fourth-order valence-corrected chi connectivity index (χ4v) is 3.13. The topological polar surface area (TPSA) is 116 Å². The number of aromatic nitrogens is 8. The lowest BCUT2D eigenvalue weighted by atomic mass is 10.2. The third-order valence-electron chi connectivity index (χ3n) is 4.66. The summed E-state index contributed by atoms with van der Waals surface area (Å²) in [6.07, 6.45) is 5.07. The maximum atomic E-state index is 5.38. The zero-order valence-electron chi connectivity index (χ0n) is 16.8. The number of hydrogen-bond donors (Lipinski definition) is 1. The van der Waals surface area contributed by atoms with Crippen LogP contribution in [0.3, 0.4) is 0 Å². The molecule has 0 unspecified atom stereocenters. The average molecular weight is 411 g/mol. The number of fused-ring (bicyclic) bond motifs is 1. The van der Waals surface area contributed by atoms with Crippen molar-refractivity contribution in [3.63, 3.8) is 0 Å². The Labute approximate surface area is 177 Å². The molecule has 31 heavy (non-hydrogen) atoms. The number of pyridine rings is 1. The number of nitrogens with zero attached hydrogens (tertiary/aromatic N) is 8. The number of hydrogen-bond acceptors (Lipinski definition) is 9. The van der Waals surface area contributed by atoms with Gasteiger partial charge in [0.25, 0.3) is 5.78 Å². The van der Waals surface area contributed by atoms with Crippen molar-refractivity contribution in [1.82, 2.24) is 39.7 Å². The van der Waals surface area contributed by atoms with Crippen molar-refractivity contribution in [1.29, 1.82) is 0 Å². The Balaban J connectivity index is 1.52. The number of methoxy groups -OCH3 is 1. The van der Waals surface area contributed by atoms with Gasteiger partial charge in [0.1, 0.15) is 11.4 Å². The quantitative estimate of drug-likeness (QED) is 0.465. The van der Waals surface area contributed by atoms with Crippen LogP contribution in [0.5, 0.6) is 5.75 Å². The molecule has 0 aliphatic carbocycles. The Morgan fingerprint density at radius 1 is 0.968 bits per heavy atom. The van der Waals surface area contributed by atoms with Gasteiger partial charge in [-0.1, -0.05) is 12.1 Å². The van der Waals surface area contributed by atoms with E-state index in [4.69, 9.17) is 4.74 Å². The highest BCUT2D eigenvalue weighted by Gasteiger charge is 2.16. The van der Waals surface area contributed by atoms with Crippen LogP contribution in [0.2, 0.25) is 0 Å². The van der Waals surface area contributed by atoms with E-state index < -0.39 is 0 Å². The molecule has 0 aliphatic rings. The molecule has 0 fully saturated rings. The van der Waals surface area contributed by atoms with Gasteiger partial charge in [-0.15, -0.1) is 15.3 Å². The summed E-state index contributed by atoms with van der Waals surface area (Å²) in [4.78, 5) is 17.5. The fraction of sp³-hybridized carbons (Fsp3) is 0.0952. The lowest BCUT2D eigenvalue weighted by Gasteiger charge is -2.10. The summed E-state index contributed by atoms with van der Waals surface area (Å²) in [7, 11) is 1.61. The van der Waals surface area contributed by atoms with Crippen molar-refractivity contribution in [2.45, 2.75) is 6.92 Å². The third-order valence-corrected chi connectivity index (χ3v) is 4.66. The van der Waals surface area contributed by atoms with E-state index in [0.717, 1.165) is 16.9 Å². The predicted molar refractivity (Wildman–Crippen MR) is 114 cm³/mol. The number of rotatable bonds is 5. The van der Waals surface area contributed by atoms with Gasteiger partial charge in [-0.05, 0) is 37.3 Å². The Morgan fingerprint density at radius 2 is 1.87 bits per heavy atom. The first-order valence-corrected chi connectivity index (χ1v) is 9.47. The number of para-hydroxylation sites is 2. The smallest absolute Gasteiger partial charge is 0.272 e. The lowest BCUT2D eigenvalue weighted by molar-refractivity contribution is 0.417. The third kappa shape index (κ3) is 3.50. The second kappa shape index (κ2) is 7.75. The molecule has 0 saturated carbocycles. The van der Waals surface area contributed by atoms with Crippen molar-refractivity contribution >= 4 is 17.4 Å². The predicted octanol–water partition coefficient (Wildman–Crippen LogP) is 3.10. The summed E-state index contributed by atoms with van der Waals surface area (Å²) in [5.41, 5.74) is 3.52. The van der Waals surface area contributed by atoms with Crippen LogP contribution in [0, 0.1) is 6.92 Å². The van der Waals surface area contributed by atoms with Crippen LogP contribution in [0.15, 0.2) is 61.1 Å². The molecular formula is C21H17N9O. The molecule has 5 rings (SSSR count). The fourth-order valence-electron chi connectivity index (χ4n) is 3.13. The van der Waals surface area contributed by atoms with Crippen molar-refractivity contribution in [2.24, 2.45) is 0 Å². The standard InChI is InChI=1S/C21H17N9O/c1-13-18(27-28-21-26-19(29-30(13)21)14-6-5-10-22-12-14)16-9-11-23-20(25-16)24-15-7-3-4-8-17(15)31-2/h3-12H,1-2H3,(H,23,24,25). The monoisotopic (exact) mass is 411 g/mol. The molecule has 5 aromatic rings. The average Bonchev–Trinajstić information content (AvgIpc) is 3.26. The van der Waals surface area contributed by atoms with Gasteiger partial charge in [0.2, 0.25) is 5.95 Å². The van der Waals surface area contributed by atoms with E-state index in [1.165, 1.54) is 0 Å². The van der Waals surface area contributed by atoms with E-state index in [1.807, 2.05) is 43.3 Å². The first kappa shape index (κ1) is 18.6. The number of nitrogens with one attached hydrogen (secondary N) is 1. The Kier molecular flexibility index (Phi) is 4.64. The van der Waals surface area contributed by atoms with Crippen molar-refractivity contribution < 1.29 is 4.74 Å². The van der Waals surface area contributed by atoms with Gasteiger partial charge in [0.05, 0.1) is 24.2 Å². The zero-order valence-corrected chi connectivity index (χ0v) is 16.8. The summed E-state index contributed by atoms with van der Waals surface area (Å²) in [6.45, 7) is 1.90. The number of aryl methyl sites for hydroxylation is 1. The minimum absolute atomic E-state index is 0.404. The number of ether oxygens (including phenoxy) is 1. The Bertz CT molecular complexity index is 1370. The summed E-state index contributed by atoms with van der Waals surface area (Å²) < 4.78 is 7.03. The lowest BCUT2D eigenvalue weighted by Crippen LogP contribution is -2.05. The summed E-state index contributed by atoms with van der Waals surface area (Å²) >= 11 is 0. The molecule has 0 spiro atoms. The molecule has 0 bridgehead atoms. The molecule has 0 atom stereocenters. The van der Waals surface area contributed by atoms with Crippen LogP contribution in [-0.4, -0.2) is 46.9 Å². The molecule has 4 aromatic heterocycles. The van der Waals surface area contributed by atoms with Crippen LogP contribution in [0.1, 0.15) is 5.69 Å². The molecule has 1 N–H and O–H groups in total. The maximum absolute atomic E-state index is 5.38. The normalized spacial score (nSPS) is 10.9. The van der Waals surface area contributed by atoms with E-state index in [2.05, 4.69) is 40.5 Å². The molecule has 0 radical (unpaired) electrons. The molecule has 152 valence electrons. The van der Waals surface area contributed by atoms with E-state index in [0.29, 0.717) is 34.7 Å². The minimum Gasteiger partial charge on any atom is -0.495 e. The second-order valence-corrected chi connectivity index (χ2v) is 6.61. The van der Waals surface area contributed by atoms with Crippen molar-refractivity contribution in [2.75, 3.05) is 12.4 Å². The number of benzene rings is 1. The van der Waals surface area contributed by atoms with Crippen molar-refractivity contribution in [3.05, 3.63) is 66.7 Å². The molecule has 0 aliphatic heterocycles. The van der Waals surface area contributed by atoms with E-state index in [-0.39, 0.29) is 0 Å². The highest BCUT2D eigenvalue weighted by Crippen LogP contribution is 2.27. The van der Waals surface area contributed by atoms with Gasteiger partial charge in [0, 0.05) is 24.2 Å². The van der Waals surface area contributed by atoms with Gasteiger partial charge >= 0.3 is 0 Å². The van der Waals surface area contributed by atoms with Gasteiger partial charge in [-0.2, -0.15) is 9.50 Å². The van der Waals surface area contributed by atoms with E-state index in [1.54, 1.807) is 36.3 Å². The maximum Gasteiger partial charge on any atom is 0.272 e. The zero-order chi connectivity index (χ0) is 21.2. The molecule has 10 nitrogen and oxygen atoms in total. The first-order chi connectivity index (χ1) is 15.2. The highest BCUT2D eigenvalue weighted by atomic mass is 16.5.